The van der Waals surface area contributed by atoms with E-state index >= 15 is 0 Å². The van der Waals surface area contributed by atoms with E-state index in [0.717, 1.165) is 10.6 Å². The summed E-state index contributed by atoms with van der Waals surface area (Å²) in [6.07, 6.45) is 0. The van der Waals surface area contributed by atoms with Crippen molar-refractivity contribution in [3.63, 3.8) is 0 Å². The minimum atomic E-state index is -0.295. The molecule has 0 aliphatic rings. The lowest BCUT2D eigenvalue weighted by atomic mass is 10.2. The molecule has 2 aromatic rings. The van der Waals surface area contributed by atoms with E-state index in [2.05, 4.69) is 0 Å². The van der Waals surface area contributed by atoms with Gasteiger partial charge >= 0.3 is 0 Å². The first kappa shape index (κ1) is 15.6. The van der Waals surface area contributed by atoms with Gasteiger partial charge in [-0.15, -0.1) is 11.8 Å². The van der Waals surface area contributed by atoms with E-state index in [9.17, 15) is 9.18 Å². The maximum Gasteiger partial charge on any atom is 0.237 e. The van der Waals surface area contributed by atoms with E-state index in [4.69, 9.17) is 0 Å². The van der Waals surface area contributed by atoms with Crippen LogP contribution < -0.4 is 4.90 Å². The molecular weight excluding hydrogens is 285 g/mol. The molecule has 2 rings (SSSR count). The van der Waals surface area contributed by atoms with Gasteiger partial charge in [-0.3, -0.25) is 4.79 Å². The van der Waals surface area contributed by atoms with Crippen LogP contribution in [0.2, 0.25) is 0 Å². The summed E-state index contributed by atoms with van der Waals surface area (Å²) in [4.78, 5) is 15.1. The van der Waals surface area contributed by atoms with Crippen LogP contribution in [-0.2, 0) is 4.79 Å². The van der Waals surface area contributed by atoms with Crippen LogP contribution in [0.25, 0.3) is 0 Å². The number of nitrogens with zero attached hydrogens (tertiary/aromatic N) is 1. The Labute approximate surface area is 129 Å². The van der Waals surface area contributed by atoms with Crippen molar-refractivity contribution in [2.75, 3.05) is 17.2 Å². The lowest BCUT2D eigenvalue weighted by Gasteiger charge is -2.20. The number of benzene rings is 2. The van der Waals surface area contributed by atoms with Gasteiger partial charge in [-0.25, -0.2) is 4.39 Å². The number of halogens is 1. The highest BCUT2D eigenvalue weighted by Crippen LogP contribution is 2.21. The first-order valence-electron chi connectivity index (χ1n) is 6.85. The molecule has 2 aromatic carbocycles. The highest BCUT2D eigenvalue weighted by molar-refractivity contribution is 8.00. The first-order valence-corrected chi connectivity index (χ1v) is 7.84. The van der Waals surface area contributed by atoms with Gasteiger partial charge in [0.2, 0.25) is 5.91 Å². The van der Waals surface area contributed by atoms with Crippen molar-refractivity contribution in [2.24, 2.45) is 0 Å². The van der Waals surface area contributed by atoms with Crippen molar-refractivity contribution in [1.82, 2.24) is 0 Å². The van der Waals surface area contributed by atoms with E-state index in [1.165, 1.54) is 29.5 Å². The molecule has 0 atom stereocenters. The molecule has 0 heterocycles. The summed E-state index contributed by atoms with van der Waals surface area (Å²) >= 11 is 1.51. The minimum absolute atomic E-state index is 0.0229. The van der Waals surface area contributed by atoms with Crippen molar-refractivity contribution >= 4 is 23.4 Å². The Balaban J connectivity index is 2.00. The highest BCUT2D eigenvalue weighted by Gasteiger charge is 2.14. The van der Waals surface area contributed by atoms with Gasteiger partial charge in [-0.1, -0.05) is 17.7 Å². The van der Waals surface area contributed by atoms with Crippen LogP contribution in [0.4, 0.5) is 10.1 Å². The third-order valence-electron chi connectivity index (χ3n) is 3.14. The summed E-state index contributed by atoms with van der Waals surface area (Å²) in [5.41, 5.74) is 1.93. The molecule has 21 heavy (non-hydrogen) atoms. The van der Waals surface area contributed by atoms with Gasteiger partial charge in [-0.05, 0) is 50.2 Å². The Kier molecular flexibility index (Phi) is 5.39. The summed E-state index contributed by atoms with van der Waals surface area (Å²) < 4.78 is 12.9. The molecule has 0 radical (unpaired) electrons. The molecule has 0 N–H and O–H groups in total. The fourth-order valence-electron chi connectivity index (χ4n) is 1.98. The van der Waals surface area contributed by atoms with E-state index in [-0.39, 0.29) is 11.7 Å². The van der Waals surface area contributed by atoms with Gasteiger partial charge in [0, 0.05) is 17.1 Å². The maximum atomic E-state index is 12.9. The van der Waals surface area contributed by atoms with Gasteiger partial charge in [-0.2, -0.15) is 0 Å². The first-order chi connectivity index (χ1) is 10.1. The van der Waals surface area contributed by atoms with Gasteiger partial charge < -0.3 is 4.90 Å². The number of thioether (sulfide) groups is 1. The Morgan fingerprint density at radius 3 is 2.29 bits per heavy atom. The second-order valence-electron chi connectivity index (χ2n) is 4.72. The maximum absolute atomic E-state index is 12.9. The van der Waals surface area contributed by atoms with Crippen LogP contribution in [-0.4, -0.2) is 18.2 Å². The number of anilines is 1. The second kappa shape index (κ2) is 7.27. The van der Waals surface area contributed by atoms with E-state index in [1.54, 1.807) is 17.0 Å². The molecule has 0 bridgehead atoms. The zero-order chi connectivity index (χ0) is 15.2. The number of carbonyl (C=O) groups excluding carboxylic acids is 1. The average Bonchev–Trinajstić information content (AvgIpc) is 2.49. The average molecular weight is 303 g/mol. The lowest BCUT2D eigenvalue weighted by molar-refractivity contribution is -0.116. The molecule has 110 valence electrons. The molecule has 2 nitrogen and oxygen atoms in total. The predicted octanol–water partition coefficient (Wildman–Crippen LogP) is 4.28. The number of carbonyl (C=O) groups is 1. The van der Waals surface area contributed by atoms with Crippen LogP contribution in [0.3, 0.4) is 0 Å². The van der Waals surface area contributed by atoms with E-state index < -0.39 is 0 Å². The molecule has 0 aliphatic heterocycles. The molecule has 1 amide bonds. The number of hydrogen-bond donors (Lipinski definition) is 0. The minimum Gasteiger partial charge on any atom is -0.312 e. The van der Waals surface area contributed by atoms with Crippen molar-refractivity contribution in [1.29, 1.82) is 0 Å². The van der Waals surface area contributed by atoms with Crippen LogP contribution >= 0.6 is 11.8 Å². The Hall–Kier alpha value is -1.81. The zero-order valence-corrected chi connectivity index (χ0v) is 13.0. The molecule has 0 saturated heterocycles. The number of rotatable bonds is 5. The number of hydrogen-bond acceptors (Lipinski definition) is 2. The Bertz CT molecular complexity index is 595. The summed E-state index contributed by atoms with van der Waals surface area (Å²) in [5, 5.41) is 0. The molecule has 0 fully saturated rings. The lowest BCUT2D eigenvalue weighted by Crippen LogP contribution is -2.32. The van der Waals surface area contributed by atoms with Crippen molar-refractivity contribution in [3.8, 4) is 0 Å². The Morgan fingerprint density at radius 1 is 1.10 bits per heavy atom. The third-order valence-corrected chi connectivity index (χ3v) is 4.14. The largest absolute Gasteiger partial charge is 0.312 e. The van der Waals surface area contributed by atoms with Crippen molar-refractivity contribution in [3.05, 3.63) is 59.9 Å². The molecular formula is C17H18FNOS. The summed E-state index contributed by atoms with van der Waals surface area (Å²) in [5.74, 6) is 0.0971. The molecule has 0 saturated carbocycles. The van der Waals surface area contributed by atoms with E-state index in [0.29, 0.717) is 12.3 Å². The summed E-state index contributed by atoms with van der Waals surface area (Å²) in [6.45, 7) is 4.52. The van der Waals surface area contributed by atoms with Gasteiger partial charge in [0.25, 0.3) is 0 Å². The topological polar surface area (TPSA) is 20.3 Å². The molecule has 4 heteroatoms. The molecule has 0 spiro atoms. The fraction of sp³-hybridized carbons (Fsp3) is 0.235. The number of aryl methyl sites for hydroxylation is 1. The van der Waals surface area contributed by atoms with Gasteiger partial charge in [0.1, 0.15) is 5.82 Å². The van der Waals surface area contributed by atoms with Crippen LogP contribution in [0.15, 0.2) is 53.4 Å². The van der Waals surface area contributed by atoms with Crippen LogP contribution in [0.5, 0.6) is 0 Å². The van der Waals surface area contributed by atoms with Crippen molar-refractivity contribution < 1.29 is 9.18 Å². The summed E-state index contributed by atoms with van der Waals surface area (Å²) in [6, 6.07) is 14.1. The van der Waals surface area contributed by atoms with E-state index in [1.807, 2.05) is 38.1 Å². The highest BCUT2D eigenvalue weighted by atomic mass is 32.2. The SMILES string of the molecule is CCN(C(=O)CSc1ccc(C)cc1)c1ccc(F)cc1. The van der Waals surface area contributed by atoms with Crippen LogP contribution in [0.1, 0.15) is 12.5 Å². The summed E-state index contributed by atoms with van der Waals surface area (Å²) in [7, 11) is 0. The smallest absolute Gasteiger partial charge is 0.237 e. The Morgan fingerprint density at radius 2 is 1.71 bits per heavy atom. The fourth-order valence-corrected chi connectivity index (χ4v) is 2.76. The normalized spacial score (nSPS) is 10.4. The van der Waals surface area contributed by atoms with Crippen molar-refractivity contribution in [2.45, 2.75) is 18.7 Å². The third kappa shape index (κ3) is 4.33. The number of amides is 1. The van der Waals surface area contributed by atoms with Gasteiger partial charge in [0.05, 0.1) is 5.75 Å². The molecule has 0 aromatic heterocycles. The monoisotopic (exact) mass is 303 g/mol. The molecule has 0 aliphatic carbocycles. The quantitative estimate of drug-likeness (QED) is 0.768. The molecule has 0 unspecified atom stereocenters. The predicted molar refractivity (Wildman–Crippen MR) is 86.3 cm³/mol. The van der Waals surface area contributed by atoms with Gasteiger partial charge in [0.15, 0.2) is 0 Å². The zero-order valence-electron chi connectivity index (χ0n) is 12.2. The van der Waals surface area contributed by atoms with Crippen LogP contribution in [0, 0.1) is 12.7 Å². The second-order valence-corrected chi connectivity index (χ2v) is 5.76. The standard InChI is InChI=1S/C17H18FNOS/c1-3-19(15-8-6-14(18)7-9-15)17(20)12-21-16-10-4-13(2)5-11-16/h4-11H,3,12H2,1-2H3.